The predicted molar refractivity (Wildman–Crippen MR) is 107 cm³/mol. The Morgan fingerprint density at radius 3 is 1.92 bits per heavy atom. The lowest BCUT2D eigenvalue weighted by Crippen LogP contribution is -2.32. The van der Waals surface area contributed by atoms with Crippen LogP contribution in [0.15, 0.2) is 28.0 Å². The summed E-state index contributed by atoms with van der Waals surface area (Å²) in [5.74, 6) is 0.317. The topological polar surface area (TPSA) is 35.5 Å². The first-order valence-electron chi connectivity index (χ1n) is 9.85. The van der Waals surface area contributed by atoms with E-state index in [4.69, 9.17) is 9.47 Å². The minimum Gasteiger partial charge on any atom is -0.343 e. The molecule has 1 saturated heterocycles. The Bertz CT molecular complexity index is 696. The molecule has 1 aromatic rings. The van der Waals surface area contributed by atoms with Gasteiger partial charge in [-0.2, -0.15) is 0 Å². The second-order valence-electron chi connectivity index (χ2n) is 8.32. The largest absolute Gasteiger partial charge is 0.343 e. The van der Waals surface area contributed by atoms with Gasteiger partial charge in [0.15, 0.2) is 0 Å². The molecule has 0 N–H and O–H groups in total. The lowest BCUT2D eigenvalue weighted by Gasteiger charge is -2.28. The van der Waals surface area contributed by atoms with Crippen molar-refractivity contribution in [3.63, 3.8) is 0 Å². The summed E-state index contributed by atoms with van der Waals surface area (Å²) in [7, 11) is -1.26. The first-order valence-corrected chi connectivity index (χ1v) is 11.0. The summed E-state index contributed by atoms with van der Waals surface area (Å²) in [6, 6.07) is 4.51. The van der Waals surface area contributed by atoms with E-state index in [-0.39, 0.29) is 0 Å². The average Bonchev–Trinajstić information content (AvgIpc) is 3.23. The molecule has 0 saturated carbocycles. The zero-order valence-electron chi connectivity index (χ0n) is 16.9. The summed E-state index contributed by atoms with van der Waals surface area (Å²) in [5, 5.41) is 0. The highest BCUT2D eigenvalue weighted by molar-refractivity contribution is 7.89. The molecule has 0 unspecified atom stereocenters. The molecule has 1 aliphatic carbocycles. The molecule has 1 spiro atoms. The predicted octanol–water partition coefficient (Wildman–Crippen LogP) is 5.59. The van der Waals surface area contributed by atoms with Crippen molar-refractivity contribution in [1.29, 1.82) is 0 Å². The summed E-state index contributed by atoms with van der Waals surface area (Å²) in [5.41, 5.74) is 3.71. The Labute approximate surface area is 160 Å². The maximum atomic E-state index is 13.8. The minimum absolute atomic E-state index is 0.313. The molecule has 1 fully saturated rings. The Balaban J connectivity index is 2.15. The Kier molecular flexibility index (Phi) is 5.76. The van der Waals surface area contributed by atoms with E-state index in [0.717, 1.165) is 22.6 Å². The van der Waals surface area contributed by atoms with Crippen molar-refractivity contribution < 1.29 is 13.7 Å². The number of benzene rings is 1. The van der Waals surface area contributed by atoms with Crippen LogP contribution in [0.3, 0.4) is 0 Å². The third kappa shape index (κ3) is 3.44. The zero-order valence-corrected chi connectivity index (χ0v) is 17.7. The van der Waals surface area contributed by atoms with Gasteiger partial charge in [-0.15, -0.1) is 0 Å². The summed E-state index contributed by atoms with van der Waals surface area (Å²) in [6.07, 6.45) is 3.71. The van der Waals surface area contributed by atoms with Crippen LogP contribution in [0.2, 0.25) is 0 Å². The molecule has 3 rings (SSSR count). The van der Waals surface area contributed by atoms with Gasteiger partial charge in [-0.1, -0.05) is 59.8 Å². The first-order chi connectivity index (χ1) is 12.3. The van der Waals surface area contributed by atoms with Gasteiger partial charge in [0.25, 0.3) is 0 Å². The smallest absolute Gasteiger partial charge is 0.203 e. The number of rotatable bonds is 5. The van der Waals surface area contributed by atoms with E-state index in [0.29, 0.717) is 31.0 Å². The number of hydrogen-bond donors (Lipinski definition) is 0. The molecule has 0 amide bonds. The molecular formula is C22H32O3S. The number of allylic oxidation sites excluding steroid dienone is 1. The molecule has 1 atom stereocenters. The highest BCUT2D eigenvalue weighted by Gasteiger charge is 2.46. The maximum absolute atomic E-state index is 13.8. The van der Waals surface area contributed by atoms with Crippen LogP contribution in [0.4, 0.5) is 0 Å². The molecule has 0 radical (unpaired) electrons. The van der Waals surface area contributed by atoms with Gasteiger partial charge in [0, 0.05) is 6.42 Å². The van der Waals surface area contributed by atoms with Gasteiger partial charge in [0.05, 0.1) is 33.8 Å². The highest BCUT2D eigenvalue weighted by atomic mass is 32.2. The van der Waals surface area contributed by atoms with Gasteiger partial charge < -0.3 is 9.47 Å². The Hall–Kier alpha value is -0.970. The maximum Gasteiger partial charge on any atom is 0.203 e. The standard InChI is InChI=1S/C22H32O3S/c1-14(2)17-12-18(15(3)4)21(19(13-17)16(5)6)26(23)20-8-7-9-22(20)24-10-11-25-22/h8,12-16H,7,9-11H2,1-6H3/t26-/m1/s1. The van der Waals surface area contributed by atoms with Crippen molar-refractivity contribution in [2.45, 2.75) is 82.8 Å². The second-order valence-corrected chi connectivity index (χ2v) is 9.70. The van der Waals surface area contributed by atoms with Gasteiger partial charge >= 0.3 is 0 Å². The summed E-state index contributed by atoms with van der Waals surface area (Å²) >= 11 is 0. The van der Waals surface area contributed by atoms with Crippen LogP contribution in [0.25, 0.3) is 0 Å². The highest BCUT2D eigenvalue weighted by Crippen LogP contribution is 2.44. The first kappa shape index (κ1) is 19.8. The van der Waals surface area contributed by atoms with Crippen LogP contribution in [0.1, 0.15) is 88.8 Å². The normalized spacial score (nSPS) is 20.6. The molecule has 0 aromatic heterocycles. The third-order valence-corrected chi connectivity index (χ3v) is 7.12. The van der Waals surface area contributed by atoms with Gasteiger partial charge in [0.1, 0.15) is 0 Å². The van der Waals surface area contributed by atoms with Crippen LogP contribution in [0.5, 0.6) is 0 Å². The summed E-state index contributed by atoms with van der Waals surface area (Å²) in [4.78, 5) is 1.79. The lowest BCUT2D eigenvalue weighted by atomic mass is 9.89. The quantitative estimate of drug-likeness (QED) is 0.672. The zero-order chi connectivity index (χ0) is 19.1. The lowest BCUT2D eigenvalue weighted by molar-refractivity contribution is -0.118. The van der Waals surface area contributed by atoms with E-state index >= 15 is 0 Å². The molecule has 1 heterocycles. The van der Waals surface area contributed by atoms with Gasteiger partial charge in [-0.05, 0) is 40.9 Å². The van der Waals surface area contributed by atoms with Crippen molar-refractivity contribution in [3.8, 4) is 0 Å². The van der Waals surface area contributed by atoms with Crippen LogP contribution in [-0.2, 0) is 20.3 Å². The monoisotopic (exact) mass is 376 g/mol. The van der Waals surface area contributed by atoms with Crippen molar-refractivity contribution in [3.05, 3.63) is 39.8 Å². The number of hydrogen-bond acceptors (Lipinski definition) is 3. The summed E-state index contributed by atoms with van der Waals surface area (Å²) in [6.45, 7) is 14.3. The van der Waals surface area contributed by atoms with E-state index in [1.807, 2.05) is 0 Å². The van der Waals surface area contributed by atoms with Crippen LogP contribution in [0, 0.1) is 0 Å². The average molecular weight is 377 g/mol. The van der Waals surface area contributed by atoms with Crippen molar-refractivity contribution >= 4 is 10.8 Å². The van der Waals surface area contributed by atoms with Gasteiger partial charge in [-0.25, -0.2) is 4.21 Å². The van der Waals surface area contributed by atoms with Gasteiger partial charge in [-0.3, -0.25) is 0 Å². The SMILES string of the molecule is CC(C)c1cc(C(C)C)c([S@](=O)C2=CCCC23OCCO3)c(C(C)C)c1. The molecule has 26 heavy (non-hydrogen) atoms. The van der Waals surface area contributed by atoms with Crippen LogP contribution in [-0.4, -0.2) is 23.2 Å². The molecule has 3 nitrogen and oxygen atoms in total. The summed E-state index contributed by atoms with van der Waals surface area (Å²) < 4.78 is 25.7. The molecule has 4 heteroatoms. The van der Waals surface area contributed by atoms with E-state index in [1.54, 1.807) is 0 Å². The van der Waals surface area contributed by atoms with E-state index in [9.17, 15) is 4.21 Å². The molecule has 1 aromatic carbocycles. The molecule has 0 bridgehead atoms. The molecule has 2 aliphatic rings. The Morgan fingerprint density at radius 1 is 0.923 bits per heavy atom. The molecule has 1 aliphatic heterocycles. The number of ether oxygens (including phenoxy) is 2. The van der Waals surface area contributed by atoms with E-state index in [1.165, 1.54) is 16.7 Å². The van der Waals surface area contributed by atoms with Crippen LogP contribution < -0.4 is 0 Å². The fourth-order valence-electron chi connectivity index (χ4n) is 3.84. The second kappa shape index (κ2) is 7.57. The third-order valence-electron chi connectivity index (χ3n) is 5.40. The fraction of sp³-hybridized carbons (Fsp3) is 0.636. The fourth-order valence-corrected chi connectivity index (χ4v) is 5.85. The van der Waals surface area contributed by atoms with E-state index < -0.39 is 16.6 Å². The van der Waals surface area contributed by atoms with Crippen molar-refractivity contribution in [1.82, 2.24) is 0 Å². The molecule has 144 valence electrons. The Morgan fingerprint density at radius 2 is 1.46 bits per heavy atom. The minimum atomic E-state index is -1.26. The van der Waals surface area contributed by atoms with Crippen molar-refractivity contribution in [2.24, 2.45) is 0 Å². The van der Waals surface area contributed by atoms with Crippen LogP contribution >= 0.6 is 0 Å². The van der Waals surface area contributed by atoms with Gasteiger partial charge in [0.2, 0.25) is 5.79 Å². The van der Waals surface area contributed by atoms with Crippen molar-refractivity contribution in [2.75, 3.05) is 13.2 Å². The van der Waals surface area contributed by atoms with E-state index in [2.05, 4.69) is 59.8 Å². The molecular weight excluding hydrogens is 344 g/mol.